The Morgan fingerprint density at radius 1 is 1.19 bits per heavy atom. The van der Waals surface area contributed by atoms with Crippen molar-refractivity contribution >= 4 is 11.9 Å². The van der Waals surface area contributed by atoms with E-state index in [-0.39, 0.29) is 18.6 Å². The number of hydrogen-bond acceptors (Lipinski definition) is 3. The first-order valence-corrected chi connectivity index (χ1v) is 8.68. The van der Waals surface area contributed by atoms with Crippen LogP contribution in [0.5, 0.6) is 0 Å². The predicted octanol–water partition coefficient (Wildman–Crippen LogP) is 3.47. The van der Waals surface area contributed by atoms with Crippen LogP contribution in [0.3, 0.4) is 0 Å². The van der Waals surface area contributed by atoms with Crippen LogP contribution in [-0.4, -0.2) is 36.0 Å². The van der Waals surface area contributed by atoms with E-state index in [1.165, 1.54) is 12.1 Å². The quantitative estimate of drug-likeness (QED) is 0.852. The Morgan fingerprint density at radius 2 is 1.85 bits per heavy atom. The number of imide groups is 1. The highest BCUT2D eigenvalue weighted by molar-refractivity contribution is 5.95. The van der Waals surface area contributed by atoms with Crippen molar-refractivity contribution in [3.8, 4) is 0 Å². The average Bonchev–Trinajstić information content (AvgIpc) is 2.53. The van der Waals surface area contributed by atoms with Crippen LogP contribution in [0.1, 0.15) is 50.3 Å². The number of alkyl halides is 3. The first kappa shape index (κ1) is 20.2. The van der Waals surface area contributed by atoms with Gasteiger partial charge in [-0.3, -0.25) is 15.0 Å². The number of likely N-dealkylation sites (tertiary alicyclic amines) is 1. The van der Waals surface area contributed by atoms with Crippen molar-refractivity contribution in [1.29, 1.82) is 0 Å². The Morgan fingerprint density at radius 3 is 2.42 bits per heavy atom. The zero-order chi connectivity index (χ0) is 19.3. The maximum absolute atomic E-state index is 12.7. The van der Waals surface area contributed by atoms with E-state index in [9.17, 15) is 22.8 Å². The molecule has 2 rings (SSSR count). The van der Waals surface area contributed by atoms with E-state index in [1.807, 2.05) is 4.90 Å². The summed E-state index contributed by atoms with van der Waals surface area (Å²) in [6.45, 7) is 4.26. The lowest BCUT2D eigenvalue weighted by atomic mass is 9.94. The summed E-state index contributed by atoms with van der Waals surface area (Å²) >= 11 is 0. The monoisotopic (exact) mass is 371 g/mol. The number of piperidine rings is 1. The molecule has 1 aliphatic rings. The smallest absolute Gasteiger partial charge is 0.336 e. The fraction of sp³-hybridized carbons (Fsp3) is 0.556. The molecule has 0 bridgehead atoms. The summed E-state index contributed by atoms with van der Waals surface area (Å²) in [5, 5.41) is 4.86. The largest absolute Gasteiger partial charge is 0.416 e. The number of hydrogen-bond donors (Lipinski definition) is 2. The van der Waals surface area contributed by atoms with Gasteiger partial charge in [0.2, 0.25) is 5.91 Å². The van der Waals surface area contributed by atoms with Gasteiger partial charge in [-0.25, -0.2) is 4.79 Å². The minimum absolute atomic E-state index is 0.0250. The Hall–Kier alpha value is -2.09. The van der Waals surface area contributed by atoms with Crippen molar-refractivity contribution in [2.24, 2.45) is 0 Å². The van der Waals surface area contributed by atoms with Gasteiger partial charge in [0.25, 0.3) is 0 Å². The van der Waals surface area contributed by atoms with Crippen LogP contribution in [0.15, 0.2) is 24.3 Å². The van der Waals surface area contributed by atoms with Crippen LogP contribution < -0.4 is 10.6 Å². The standard InChI is InChI=1S/C18H24F3N3O2/c1-12(2)22-17(26)23-16(25)11-24-10-4-3-5-15(24)13-6-8-14(9-7-13)18(19,20)21/h6-9,12,15H,3-5,10-11H2,1-2H3,(H2,22,23,25,26). The first-order valence-electron chi connectivity index (χ1n) is 8.68. The van der Waals surface area contributed by atoms with Gasteiger partial charge in [0.05, 0.1) is 12.1 Å². The third kappa shape index (κ3) is 5.72. The maximum atomic E-state index is 12.7. The molecule has 1 fully saturated rings. The molecule has 1 aliphatic heterocycles. The molecule has 1 aromatic rings. The number of nitrogens with one attached hydrogen (secondary N) is 2. The number of urea groups is 1. The lowest BCUT2D eigenvalue weighted by Gasteiger charge is -2.35. The second kappa shape index (κ2) is 8.53. The first-order chi connectivity index (χ1) is 12.2. The minimum atomic E-state index is -4.37. The van der Waals surface area contributed by atoms with Gasteiger partial charge in [0, 0.05) is 12.1 Å². The van der Waals surface area contributed by atoms with Gasteiger partial charge in [-0.1, -0.05) is 18.6 Å². The van der Waals surface area contributed by atoms with Gasteiger partial charge in [-0.2, -0.15) is 13.2 Å². The molecule has 8 heteroatoms. The summed E-state index contributed by atoms with van der Waals surface area (Å²) in [6.07, 6.45) is -1.76. The summed E-state index contributed by atoms with van der Waals surface area (Å²) in [4.78, 5) is 25.6. The predicted molar refractivity (Wildman–Crippen MR) is 91.4 cm³/mol. The van der Waals surface area contributed by atoms with Crippen molar-refractivity contribution in [1.82, 2.24) is 15.5 Å². The number of amides is 3. The summed E-state index contributed by atoms with van der Waals surface area (Å²) in [5.41, 5.74) is 0.0591. The second-order valence-electron chi connectivity index (χ2n) is 6.78. The Bertz CT molecular complexity index is 630. The van der Waals surface area contributed by atoms with Crippen molar-refractivity contribution in [2.75, 3.05) is 13.1 Å². The second-order valence-corrected chi connectivity index (χ2v) is 6.78. The highest BCUT2D eigenvalue weighted by Gasteiger charge is 2.31. The highest BCUT2D eigenvalue weighted by Crippen LogP contribution is 2.34. The molecule has 1 heterocycles. The molecule has 1 saturated heterocycles. The molecule has 1 aromatic carbocycles. The Balaban J connectivity index is 2.03. The molecule has 144 valence electrons. The molecular formula is C18H24F3N3O2. The summed E-state index contributed by atoms with van der Waals surface area (Å²) < 4.78 is 38.2. The van der Waals surface area contributed by atoms with Crippen molar-refractivity contribution < 1.29 is 22.8 Å². The van der Waals surface area contributed by atoms with Crippen LogP contribution in [0.4, 0.5) is 18.0 Å². The number of rotatable bonds is 4. The lowest BCUT2D eigenvalue weighted by molar-refractivity contribution is -0.137. The van der Waals surface area contributed by atoms with E-state index < -0.39 is 23.7 Å². The van der Waals surface area contributed by atoms with E-state index in [2.05, 4.69) is 10.6 Å². The number of halogens is 3. The average molecular weight is 371 g/mol. The zero-order valence-corrected chi connectivity index (χ0v) is 14.9. The lowest BCUT2D eigenvalue weighted by Crippen LogP contribution is -2.47. The van der Waals surface area contributed by atoms with Gasteiger partial charge in [0.15, 0.2) is 0 Å². The molecule has 1 unspecified atom stereocenters. The third-order valence-corrected chi connectivity index (χ3v) is 4.26. The molecule has 1 atom stereocenters. The van der Waals surface area contributed by atoms with Crippen LogP contribution >= 0.6 is 0 Å². The molecule has 0 radical (unpaired) electrons. The number of carbonyl (C=O) groups excluding carboxylic acids is 2. The van der Waals surface area contributed by atoms with E-state index in [0.717, 1.165) is 37.0 Å². The normalized spacial score (nSPS) is 18.6. The summed E-state index contributed by atoms with van der Waals surface area (Å²) in [7, 11) is 0. The molecule has 0 aromatic heterocycles. The minimum Gasteiger partial charge on any atom is -0.336 e. The van der Waals surface area contributed by atoms with Gasteiger partial charge in [-0.05, 0) is 50.9 Å². The van der Waals surface area contributed by atoms with Crippen LogP contribution in [0, 0.1) is 0 Å². The van der Waals surface area contributed by atoms with Gasteiger partial charge in [-0.15, -0.1) is 0 Å². The molecule has 2 N–H and O–H groups in total. The molecule has 0 spiro atoms. The van der Waals surface area contributed by atoms with E-state index >= 15 is 0 Å². The Labute approximate surface area is 150 Å². The third-order valence-electron chi connectivity index (χ3n) is 4.26. The molecule has 0 saturated carbocycles. The Kier molecular flexibility index (Phi) is 6.63. The van der Waals surface area contributed by atoms with E-state index in [1.54, 1.807) is 13.8 Å². The number of nitrogens with zero attached hydrogens (tertiary/aromatic N) is 1. The van der Waals surface area contributed by atoms with Gasteiger partial charge < -0.3 is 5.32 Å². The van der Waals surface area contributed by atoms with Crippen molar-refractivity contribution in [3.05, 3.63) is 35.4 Å². The highest BCUT2D eigenvalue weighted by atomic mass is 19.4. The summed E-state index contributed by atoms with van der Waals surface area (Å²) in [5.74, 6) is -0.429. The van der Waals surface area contributed by atoms with Crippen LogP contribution in [-0.2, 0) is 11.0 Å². The van der Waals surface area contributed by atoms with Crippen molar-refractivity contribution in [3.63, 3.8) is 0 Å². The van der Waals surface area contributed by atoms with Gasteiger partial charge >= 0.3 is 12.2 Å². The number of benzene rings is 1. The fourth-order valence-electron chi connectivity index (χ4n) is 3.10. The molecule has 5 nitrogen and oxygen atoms in total. The van der Waals surface area contributed by atoms with E-state index in [4.69, 9.17) is 0 Å². The zero-order valence-electron chi connectivity index (χ0n) is 14.9. The maximum Gasteiger partial charge on any atom is 0.416 e. The SMILES string of the molecule is CC(C)NC(=O)NC(=O)CN1CCCCC1c1ccc(C(F)(F)F)cc1. The van der Waals surface area contributed by atoms with Crippen LogP contribution in [0.2, 0.25) is 0 Å². The topological polar surface area (TPSA) is 61.4 Å². The molecule has 26 heavy (non-hydrogen) atoms. The summed E-state index contributed by atoms with van der Waals surface area (Å²) in [6, 6.07) is 4.30. The number of carbonyl (C=O) groups is 2. The molecule has 0 aliphatic carbocycles. The van der Waals surface area contributed by atoms with Crippen LogP contribution in [0.25, 0.3) is 0 Å². The molecular weight excluding hydrogens is 347 g/mol. The van der Waals surface area contributed by atoms with Crippen molar-refractivity contribution in [2.45, 2.75) is 51.4 Å². The van der Waals surface area contributed by atoms with Gasteiger partial charge in [0.1, 0.15) is 0 Å². The molecule has 3 amide bonds. The fourth-order valence-corrected chi connectivity index (χ4v) is 3.10. The van der Waals surface area contributed by atoms with E-state index in [0.29, 0.717) is 6.54 Å².